The zero-order valence-corrected chi connectivity index (χ0v) is 13.9. The van der Waals surface area contributed by atoms with Gasteiger partial charge in [-0.2, -0.15) is 0 Å². The van der Waals surface area contributed by atoms with Gasteiger partial charge in [0, 0.05) is 26.2 Å². The van der Waals surface area contributed by atoms with Crippen molar-refractivity contribution in [3.8, 4) is 0 Å². The molecule has 0 spiro atoms. The number of ether oxygens (including phenoxy) is 1. The minimum Gasteiger partial charge on any atom is -0.444 e. The van der Waals surface area contributed by atoms with Crippen molar-refractivity contribution in [3.63, 3.8) is 0 Å². The monoisotopic (exact) mass is 309 g/mol. The molecule has 0 unspecified atom stereocenters. The molecule has 0 aromatic carbocycles. The number of carbonyl (C=O) groups excluding carboxylic acids is 1. The molecule has 2 heterocycles. The van der Waals surface area contributed by atoms with Crippen molar-refractivity contribution in [1.29, 1.82) is 0 Å². The number of hydrogen-bond donors (Lipinski definition) is 0. The van der Waals surface area contributed by atoms with Crippen molar-refractivity contribution in [2.24, 2.45) is 0 Å². The molecule has 0 saturated carbocycles. The number of carbonyl (C=O) groups is 1. The second kappa shape index (κ2) is 6.56. The average molecular weight is 309 g/mol. The van der Waals surface area contributed by atoms with Crippen molar-refractivity contribution in [2.45, 2.75) is 31.4 Å². The van der Waals surface area contributed by atoms with Gasteiger partial charge in [0.2, 0.25) is 0 Å². The van der Waals surface area contributed by atoms with Crippen LogP contribution in [-0.2, 0) is 4.74 Å². The van der Waals surface area contributed by atoms with Crippen LogP contribution in [0.4, 0.5) is 10.5 Å². The van der Waals surface area contributed by atoms with E-state index in [1.54, 1.807) is 16.7 Å². The number of piperazine rings is 1. The third-order valence-corrected chi connectivity index (χ3v) is 3.89. The highest BCUT2D eigenvalue weighted by Crippen LogP contribution is 2.19. The maximum absolute atomic E-state index is 12.0. The zero-order valence-electron chi connectivity index (χ0n) is 13.1. The second-order valence-electron chi connectivity index (χ2n) is 6.01. The summed E-state index contributed by atoms with van der Waals surface area (Å²) in [5.41, 5.74) is 0.669. The number of amides is 1. The highest BCUT2D eigenvalue weighted by molar-refractivity contribution is 7.98. The van der Waals surface area contributed by atoms with Gasteiger partial charge in [0.1, 0.15) is 5.60 Å². The van der Waals surface area contributed by atoms with E-state index in [4.69, 9.17) is 4.74 Å². The largest absolute Gasteiger partial charge is 0.444 e. The lowest BCUT2D eigenvalue weighted by atomic mass is 10.2. The van der Waals surface area contributed by atoms with E-state index in [2.05, 4.69) is 16.0 Å². The first-order chi connectivity index (χ1) is 9.89. The maximum atomic E-state index is 12.0. The molecule has 1 aromatic rings. The number of rotatable bonds is 2. The molecule has 1 aliphatic heterocycles. The molecule has 6 heteroatoms. The van der Waals surface area contributed by atoms with Crippen LogP contribution in [0.1, 0.15) is 20.8 Å². The second-order valence-corrected chi connectivity index (χ2v) is 6.84. The van der Waals surface area contributed by atoms with Crippen molar-refractivity contribution in [2.75, 3.05) is 37.3 Å². The van der Waals surface area contributed by atoms with Crippen LogP contribution in [-0.4, -0.2) is 54.0 Å². The summed E-state index contributed by atoms with van der Waals surface area (Å²) in [5.74, 6) is 0. The van der Waals surface area contributed by atoms with Gasteiger partial charge in [0.05, 0.1) is 16.9 Å². The van der Waals surface area contributed by atoms with Crippen molar-refractivity contribution in [3.05, 3.63) is 18.3 Å². The molecule has 1 aliphatic rings. The molecule has 2 rings (SSSR count). The van der Waals surface area contributed by atoms with Gasteiger partial charge in [-0.05, 0) is 39.2 Å². The Labute approximate surface area is 130 Å². The summed E-state index contributed by atoms with van der Waals surface area (Å²) in [6.07, 6.45) is 3.69. The van der Waals surface area contributed by atoms with Crippen LogP contribution in [0.15, 0.2) is 23.4 Å². The Hall–Kier alpha value is -1.43. The summed E-state index contributed by atoms with van der Waals surface area (Å²) in [5, 5.41) is 1.02. The van der Waals surface area contributed by atoms with E-state index in [-0.39, 0.29) is 6.09 Å². The van der Waals surface area contributed by atoms with E-state index in [9.17, 15) is 4.79 Å². The topological polar surface area (TPSA) is 45.7 Å². The molecule has 0 atom stereocenters. The van der Waals surface area contributed by atoms with Crippen LogP contribution in [0.25, 0.3) is 0 Å². The Morgan fingerprint density at radius 1 is 1.24 bits per heavy atom. The number of thioether (sulfide) groups is 1. The summed E-state index contributed by atoms with van der Waals surface area (Å²) < 4.78 is 5.40. The predicted molar refractivity (Wildman–Crippen MR) is 86.0 cm³/mol. The third-order valence-electron chi connectivity index (χ3n) is 3.23. The number of anilines is 1. The summed E-state index contributed by atoms with van der Waals surface area (Å²) in [4.78, 5) is 20.4. The van der Waals surface area contributed by atoms with Crippen molar-refractivity contribution in [1.82, 2.24) is 9.88 Å². The first kappa shape index (κ1) is 15.9. The Bertz CT molecular complexity index is 477. The first-order valence-corrected chi connectivity index (χ1v) is 8.34. The maximum Gasteiger partial charge on any atom is 0.410 e. The Kier molecular flexibility index (Phi) is 4.98. The van der Waals surface area contributed by atoms with Crippen LogP contribution < -0.4 is 4.90 Å². The number of nitrogens with zero attached hydrogens (tertiary/aromatic N) is 3. The van der Waals surface area contributed by atoms with Gasteiger partial charge in [-0.25, -0.2) is 9.78 Å². The highest BCUT2D eigenvalue weighted by Gasteiger charge is 2.25. The van der Waals surface area contributed by atoms with Crippen molar-refractivity contribution < 1.29 is 9.53 Å². The average Bonchev–Trinajstić information content (AvgIpc) is 2.46. The van der Waals surface area contributed by atoms with Crippen molar-refractivity contribution >= 4 is 23.5 Å². The van der Waals surface area contributed by atoms with Gasteiger partial charge in [0.25, 0.3) is 0 Å². The van der Waals surface area contributed by atoms with Crippen LogP contribution in [0, 0.1) is 0 Å². The molecule has 116 valence electrons. The molecule has 0 bridgehead atoms. The molecule has 1 fully saturated rings. The smallest absolute Gasteiger partial charge is 0.410 e. The molecule has 5 nitrogen and oxygen atoms in total. The van der Waals surface area contributed by atoms with E-state index < -0.39 is 5.60 Å². The highest BCUT2D eigenvalue weighted by atomic mass is 32.2. The van der Waals surface area contributed by atoms with Crippen LogP contribution in [0.3, 0.4) is 0 Å². The minimum absolute atomic E-state index is 0.224. The van der Waals surface area contributed by atoms with Gasteiger partial charge in [-0.1, -0.05) is 0 Å². The molecule has 0 N–H and O–H groups in total. The number of aromatic nitrogens is 1. The lowest BCUT2D eigenvalue weighted by Crippen LogP contribution is -2.50. The standard InChI is InChI=1S/C15H23N3O2S/c1-15(2,3)20-14(19)18-9-7-17(8-10-18)12-5-6-13(21-4)16-11-12/h5-6,11H,7-10H2,1-4H3. The van der Waals surface area contributed by atoms with E-state index in [0.717, 1.165) is 23.8 Å². The Morgan fingerprint density at radius 2 is 1.90 bits per heavy atom. The van der Waals surface area contributed by atoms with Gasteiger partial charge >= 0.3 is 6.09 Å². The summed E-state index contributed by atoms with van der Waals surface area (Å²) in [6, 6.07) is 4.11. The molecular weight excluding hydrogens is 286 g/mol. The van der Waals surface area contributed by atoms with Crippen LogP contribution in [0.2, 0.25) is 0 Å². The summed E-state index contributed by atoms with van der Waals surface area (Å²) in [6.45, 7) is 8.64. The normalized spacial score (nSPS) is 16.0. The summed E-state index contributed by atoms with van der Waals surface area (Å²) in [7, 11) is 0. The molecule has 1 aromatic heterocycles. The van der Waals surface area contributed by atoms with Gasteiger partial charge in [-0.3, -0.25) is 0 Å². The van der Waals surface area contributed by atoms with E-state index >= 15 is 0 Å². The molecule has 0 aliphatic carbocycles. The number of pyridine rings is 1. The lowest BCUT2D eigenvalue weighted by Gasteiger charge is -2.36. The SMILES string of the molecule is CSc1ccc(N2CCN(C(=O)OC(C)(C)C)CC2)cn1. The Morgan fingerprint density at radius 3 is 2.38 bits per heavy atom. The fourth-order valence-electron chi connectivity index (χ4n) is 2.15. The number of hydrogen-bond acceptors (Lipinski definition) is 5. The minimum atomic E-state index is -0.439. The Balaban J connectivity index is 1.89. The third kappa shape index (κ3) is 4.52. The van der Waals surface area contributed by atoms with E-state index in [1.807, 2.05) is 39.3 Å². The predicted octanol–water partition coefficient (Wildman–Crippen LogP) is 2.86. The van der Waals surface area contributed by atoms with E-state index in [1.165, 1.54) is 0 Å². The molecule has 0 radical (unpaired) electrons. The fraction of sp³-hybridized carbons (Fsp3) is 0.600. The molecule has 1 saturated heterocycles. The molecule has 21 heavy (non-hydrogen) atoms. The zero-order chi connectivity index (χ0) is 15.5. The lowest BCUT2D eigenvalue weighted by molar-refractivity contribution is 0.0240. The fourth-order valence-corrected chi connectivity index (χ4v) is 2.52. The van der Waals surface area contributed by atoms with Crippen LogP contribution in [0.5, 0.6) is 0 Å². The van der Waals surface area contributed by atoms with E-state index in [0.29, 0.717) is 13.1 Å². The molecular formula is C15H23N3O2S. The first-order valence-electron chi connectivity index (χ1n) is 7.12. The summed E-state index contributed by atoms with van der Waals surface area (Å²) >= 11 is 1.63. The van der Waals surface area contributed by atoms with Gasteiger partial charge in [-0.15, -0.1) is 11.8 Å². The quantitative estimate of drug-likeness (QED) is 0.786. The van der Waals surface area contributed by atoms with Gasteiger partial charge < -0.3 is 14.5 Å². The van der Waals surface area contributed by atoms with Gasteiger partial charge in [0.15, 0.2) is 0 Å². The van der Waals surface area contributed by atoms with Crippen LogP contribution >= 0.6 is 11.8 Å². The molecule has 1 amide bonds.